The molecule has 30 heavy (non-hydrogen) atoms. The number of ether oxygens (including phenoxy) is 2. The molecule has 0 radical (unpaired) electrons. The van der Waals surface area contributed by atoms with Gasteiger partial charge in [0.05, 0.1) is 24.8 Å². The number of alkyl halides is 2. The van der Waals surface area contributed by atoms with Crippen molar-refractivity contribution >= 4 is 12.0 Å². The molecule has 8 heteroatoms. The second-order valence-electron chi connectivity index (χ2n) is 6.59. The number of allylic oxidation sites excluding steroid dienone is 1. The van der Waals surface area contributed by atoms with Gasteiger partial charge in [-0.25, -0.2) is 9.59 Å². The molecule has 2 aromatic carbocycles. The van der Waals surface area contributed by atoms with Crippen LogP contribution in [0, 0.1) is 0 Å². The quantitative estimate of drug-likeness (QED) is 0.680. The van der Waals surface area contributed by atoms with Gasteiger partial charge in [-0.05, 0) is 25.5 Å². The number of esters is 1. The summed E-state index contributed by atoms with van der Waals surface area (Å²) in [6.07, 6.45) is 0. The summed E-state index contributed by atoms with van der Waals surface area (Å²) in [5, 5.41) is 2.74. The molecule has 2 amide bonds. The SMILES string of the molecule is CCOC(=O)C1=C(C)N(Cc2ccccc2)C(=O)NC1c1ccccc1OC(F)F. The average molecular weight is 416 g/mol. The van der Waals surface area contributed by atoms with Gasteiger partial charge in [0, 0.05) is 11.3 Å². The zero-order valence-corrected chi connectivity index (χ0v) is 16.6. The summed E-state index contributed by atoms with van der Waals surface area (Å²) in [5.41, 5.74) is 1.67. The number of carbonyl (C=O) groups is 2. The van der Waals surface area contributed by atoms with Crippen molar-refractivity contribution in [3.05, 3.63) is 77.0 Å². The van der Waals surface area contributed by atoms with E-state index in [9.17, 15) is 18.4 Å². The van der Waals surface area contributed by atoms with Crippen molar-refractivity contribution < 1.29 is 27.8 Å². The minimum Gasteiger partial charge on any atom is -0.463 e. The maximum absolute atomic E-state index is 12.9. The predicted octanol–water partition coefficient (Wildman–Crippen LogP) is 4.39. The lowest BCUT2D eigenvalue weighted by molar-refractivity contribution is -0.139. The van der Waals surface area contributed by atoms with Crippen LogP contribution in [0.25, 0.3) is 0 Å². The number of nitrogens with one attached hydrogen (secondary N) is 1. The van der Waals surface area contributed by atoms with Crippen molar-refractivity contribution in [2.75, 3.05) is 6.61 Å². The number of para-hydroxylation sites is 1. The number of benzene rings is 2. The first-order valence-corrected chi connectivity index (χ1v) is 9.46. The number of halogens is 2. The van der Waals surface area contributed by atoms with E-state index >= 15 is 0 Å². The van der Waals surface area contributed by atoms with E-state index in [4.69, 9.17) is 4.74 Å². The van der Waals surface area contributed by atoms with Gasteiger partial charge in [0.25, 0.3) is 0 Å². The molecule has 0 spiro atoms. The van der Waals surface area contributed by atoms with Crippen LogP contribution in [0.4, 0.5) is 13.6 Å². The normalized spacial score (nSPS) is 16.5. The van der Waals surface area contributed by atoms with Crippen LogP contribution < -0.4 is 10.1 Å². The Morgan fingerprint density at radius 2 is 1.80 bits per heavy atom. The maximum atomic E-state index is 12.9. The highest BCUT2D eigenvalue weighted by atomic mass is 19.3. The van der Waals surface area contributed by atoms with E-state index in [2.05, 4.69) is 10.1 Å². The highest BCUT2D eigenvalue weighted by molar-refractivity contribution is 5.95. The molecule has 1 unspecified atom stereocenters. The predicted molar refractivity (Wildman–Crippen MR) is 106 cm³/mol. The van der Waals surface area contributed by atoms with E-state index in [1.807, 2.05) is 30.3 Å². The van der Waals surface area contributed by atoms with Gasteiger partial charge in [0.1, 0.15) is 5.75 Å². The molecule has 0 aromatic heterocycles. The summed E-state index contributed by atoms with van der Waals surface area (Å²) in [4.78, 5) is 27.1. The molecule has 6 nitrogen and oxygen atoms in total. The van der Waals surface area contributed by atoms with Crippen LogP contribution in [0.15, 0.2) is 65.9 Å². The Morgan fingerprint density at radius 1 is 1.13 bits per heavy atom. The third-order valence-corrected chi connectivity index (χ3v) is 4.72. The summed E-state index contributed by atoms with van der Waals surface area (Å²) in [6, 6.07) is 13.9. The Morgan fingerprint density at radius 3 is 2.47 bits per heavy atom. The number of nitrogens with zero attached hydrogens (tertiary/aromatic N) is 1. The fourth-order valence-electron chi connectivity index (χ4n) is 3.37. The van der Waals surface area contributed by atoms with Gasteiger partial charge in [-0.2, -0.15) is 8.78 Å². The van der Waals surface area contributed by atoms with Gasteiger partial charge >= 0.3 is 18.6 Å². The summed E-state index contributed by atoms with van der Waals surface area (Å²) in [6.45, 7) is 0.626. The molecule has 1 aliphatic heterocycles. The minimum absolute atomic E-state index is 0.121. The minimum atomic E-state index is -3.05. The standard InChI is InChI=1S/C22H22F2N2O4/c1-3-29-20(27)18-14(2)26(13-15-9-5-4-6-10-15)22(28)25-19(18)16-11-7-8-12-17(16)30-21(23)24/h4-12,19,21H,3,13H2,1-2H3,(H,25,28). The Kier molecular flexibility index (Phi) is 6.66. The topological polar surface area (TPSA) is 67.9 Å². The van der Waals surface area contributed by atoms with Crippen LogP contribution in [0.3, 0.4) is 0 Å². The largest absolute Gasteiger partial charge is 0.463 e. The van der Waals surface area contributed by atoms with E-state index in [0.29, 0.717) is 5.70 Å². The second kappa shape index (κ2) is 9.39. The van der Waals surface area contributed by atoms with Gasteiger partial charge in [0.2, 0.25) is 0 Å². The molecular weight excluding hydrogens is 394 g/mol. The summed E-state index contributed by atoms with van der Waals surface area (Å²) in [5.74, 6) is -0.756. The molecule has 1 heterocycles. The van der Waals surface area contributed by atoms with E-state index in [1.165, 1.54) is 23.1 Å². The van der Waals surface area contributed by atoms with E-state index in [0.717, 1.165) is 5.56 Å². The third kappa shape index (κ3) is 4.59. The summed E-state index contributed by atoms with van der Waals surface area (Å²) < 4.78 is 35.6. The molecule has 158 valence electrons. The molecular formula is C22H22F2N2O4. The Balaban J connectivity index is 2.06. The smallest absolute Gasteiger partial charge is 0.387 e. The highest BCUT2D eigenvalue weighted by Crippen LogP contribution is 2.36. The molecule has 0 saturated carbocycles. The fraction of sp³-hybridized carbons (Fsp3) is 0.273. The first kappa shape index (κ1) is 21.3. The van der Waals surface area contributed by atoms with Crippen molar-refractivity contribution in [1.82, 2.24) is 10.2 Å². The van der Waals surface area contributed by atoms with Crippen molar-refractivity contribution in [3.63, 3.8) is 0 Å². The number of carbonyl (C=O) groups excluding carboxylic acids is 2. The highest BCUT2D eigenvalue weighted by Gasteiger charge is 2.37. The lowest BCUT2D eigenvalue weighted by atomic mass is 9.94. The molecule has 1 atom stereocenters. The van der Waals surface area contributed by atoms with Crippen LogP contribution in [0.1, 0.15) is 31.0 Å². The fourth-order valence-corrected chi connectivity index (χ4v) is 3.37. The van der Waals surface area contributed by atoms with Gasteiger partial charge in [-0.1, -0.05) is 48.5 Å². The number of urea groups is 1. The molecule has 1 aliphatic rings. The molecule has 3 rings (SSSR count). The Bertz CT molecular complexity index is 947. The molecule has 0 bridgehead atoms. The van der Waals surface area contributed by atoms with Crippen molar-refractivity contribution in [3.8, 4) is 5.75 Å². The molecule has 2 aromatic rings. The van der Waals surface area contributed by atoms with Crippen molar-refractivity contribution in [2.24, 2.45) is 0 Å². The van der Waals surface area contributed by atoms with Gasteiger partial charge in [-0.3, -0.25) is 4.90 Å². The summed E-state index contributed by atoms with van der Waals surface area (Å²) >= 11 is 0. The lowest BCUT2D eigenvalue weighted by Crippen LogP contribution is -2.47. The molecule has 0 saturated heterocycles. The second-order valence-corrected chi connectivity index (χ2v) is 6.59. The zero-order valence-electron chi connectivity index (χ0n) is 16.6. The first-order chi connectivity index (χ1) is 14.4. The van der Waals surface area contributed by atoms with Crippen LogP contribution in [-0.2, 0) is 16.1 Å². The molecule has 0 fully saturated rings. The van der Waals surface area contributed by atoms with Gasteiger partial charge in [-0.15, -0.1) is 0 Å². The zero-order chi connectivity index (χ0) is 21.7. The number of hydrogen-bond donors (Lipinski definition) is 1. The average Bonchev–Trinajstić information content (AvgIpc) is 2.71. The number of amides is 2. The molecule has 0 aliphatic carbocycles. The Hall–Kier alpha value is -3.42. The van der Waals surface area contributed by atoms with Gasteiger partial charge in [0.15, 0.2) is 0 Å². The van der Waals surface area contributed by atoms with Crippen molar-refractivity contribution in [2.45, 2.75) is 33.0 Å². The number of hydrogen-bond acceptors (Lipinski definition) is 4. The molecule has 1 N–H and O–H groups in total. The van der Waals surface area contributed by atoms with Crippen LogP contribution in [-0.4, -0.2) is 30.1 Å². The first-order valence-electron chi connectivity index (χ1n) is 9.46. The van der Waals surface area contributed by atoms with Crippen molar-refractivity contribution in [1.29, 1.82) is 0 Å². The monoisotopic (exact) mass is 416 g/mol. The number of rotatable bonds is 7. The summed E-state index contributed by atoms with van der Waals surface area (Å²) in [7, 11) is 0. The van der Waals surface area contributed by atoms with E-state index in [-0.39, 0.29) is 30.0 Å². The van der Waals surface area contributed by atoms with E-state index in [1.54, 1.807) is 19.9 Å². The Labute approximate surface area is 173 Å². The van der Waals surface area contributed by atoms with Crippen LogP contribution in [0.2, 0.25) is 0 Å². The van der Waals surface area contributed by atoms with Crippen LogP contribution in [0.5, 0.6) is 5.75 Å². The van der Waals surface area contributed by atoms with Crippen LogP contribution >= 0.6 is 0 Å². The third-order valence-electron chi connectivity index (χ3n) is 4.72. The lowest BCUT2D eigenvalue weighted by Gasteiger charge is -2.35. The van der Waals surface area contributed by atoms with Gasteiger partial charge < -0.3 is 14.8 Å². The van der Waals surface area contributed by atoms with E-state index < -0.39 is 24.7 Å². The maximum Gasteiger partial charge on any atom is 0.387 e.